The monoisotopic (exact) mass is 590 g/mol. The molecule has 1 saturated carbocycles. The molecule has 5 heteroatoms. The molecule has 5 nitrogen and oxygen atoms in total. The molecular weight excluding hydrogens is 536 g/mol. The number of hydrogen-bond acceptors (Lipinski definition) is 4. The highest BCUT2D eigenvalue weighted by molar-refractivity contribution is 6.14. The second-order valence-corrected chi connectivity index (χ2v) is 16.0. The zero-order valence-electron chi connectivity index (χ0n) is 28.7. The number of carboxylic acids is 1. The Labute approximate surface area is 259 Å². The van der Waals surface area contributed by atoms with Gasteiger partial charge in [-0.3, -0.25) is 9.59 Å². The highest BCUT2D eigenvalue weighted by atomic mass is 16.4. The van der Waals surface area contributed by atoms with Gasteiger partial charge in [0, 0.05) is 40.3 Å². The lowest BCUT2D eigenvalue weighted by molar-refractivity contribution is -0.134. The topological polar surface area (TPSA) is 94.8 Å². The number of hydrogen-bond donors (Lipinski definition) is 3. The molecule has 0 amide bonds. The summed E-state index contributed by atoms with van der Waals surface area (Å²) in [6.07, 6.45) is 6.44. The number of phenolic OH excluding ortho intramolecular Hbond substituents is 2. The molecule has 0 aliphatic heterocycles. The van der Waals surface area contributed by atoms with Crippen LogP contribution in [0.2, 0.25) is 0 Å². The van der Waals surface area contributed by atoms with E-state index in [2.05, 4.69) is 83.1 Å². The first-order valence-electron chi connectivity index (χ1n) is 15.3. The minimum Gasteiger partial charge on any atom is -0.507 e. The number of Topliss-reactive ketones (excluding diaryl/α,β-unsaturated/α-hetero) is 1. The number of aromatic hydroxyl groups is 2. The standard InChI is InChI=1S/C36H50O3.C2H4O2/c1-33(2,3)26-18-22(19-27(31(26)38)34(4,5)6)16-24-14-13-15-25(30(24)37)17-23-20-28(35(7,8)9)32(39)29(21-23)36(10,11)12;1-2(3)4/h16-21,38-39H,13-15H2,1-12H3;1H3,(H,3,4)/b24-16+,25-17+;. The summed E-state index contributed by atoms with van der Waals surface area (Å²) < 4.78 is 0. The van der Waals surface area contributed by atoms with E-state index in [1.54, 1.807) is 0 Å². The summed E-state index contributed by atoms with van der Waals surface area (Å²) in [6.45, 7) is 26.3. The summed E-state index contributed by atoms with van der Waals surface area (Å²) in [5, 5.41) is 29.6. The summed E-state index contributed by atoms with van der Waals surface area (Å²) in [7, 11) is 0. The number of carbonyl (C=O) groups excluding carboxylic acids is 1. The predicted molar refractivity (Wildman–Crippen MR) is 179 cm³/mol. The minimum atomic E-state index is -0.833. The maximum atomic E-state index is 13.8. The van der Waals surface area contributed by atoms with Gasteiger partial charge in [-0.05, 0) is 88.5 Å². The van der Waals surface area contributed by atoms with Crippen molar-refractivity contribution in [2.45, 2.75) is 131 Å². The molecule has 3 rings (SSSR count). The summed E-state index contributed by atoms with van der Waals surface area (Å²) in [5.41, 5.74) is 6.22. The second kappa shape index (κ2) is 12.7. The maximum Gasteiger partial charge on any atom is 0.300 e. The van der Waals surface area contributed by atoms with E-state index in [1.165, 1.54) is 0 Å². The Kier molecular flexibility index (Phi) is 10.6. The Bertz CT molecular complexity index is 1250. The number of carbonyl (C=O) groups is 2. The lowest BCUT2D eigenvalue weighted by Gasteiger charge is -2.28. The molecule has 2 aromatic rings. The van der Waals surface area contributed by atoms with Gasteiger partial charge in [-0.25, -0.2) is 0 Å². The molecule has 0 spiro atoms. The van der Waals surface area contributed by atoms with E-state index in [-0.39, 0.29) is 27.4 Å². The van der Waals surface area contributed by atoms with Crippen molar-refractivity contribution in [3.63, 3.8) is 0 Å². The highest BCUT2D eigenvalue weighted by Crippen LogP contribution is 2.42. The molecule has 3 N–H and O–H groups in total. The van der Waals surface area contributed by atoms with E-state index in [4.69, 9.17) is 9.90 Å². The Morgan fingerprint density at radius 2 is 0.837 bits per heavy atom. The SMILES string of the molecule is CC(=O)O.CC(C)(C)c1cc(/C=C2\CCC/C(=C\c3cc(C(C)(C)C)c(O)c(C(C)(C)C)c3)C2=O)cc(C(C)(C)C)c1O. The van der Waals surface area contributed by atoms with Crippen LogP contribution < -0.4 is 0 Å². The summed E-state index contributed by atoms with van der Waals surface area (Å²) in [6, 6.07) is 8.14. The molecule has 236 valence electrons. The molecule has 1 fully saturated rings. The van der Waals surface area contributed by atoms with E-state index in [9.17, 15) is 15.0 Å². The van der Waals surface area contributed by atoms with Gasteiger partial charge >= 0.3 is 0 Å². The Hall–Kier alpha value is -3.34. The average molecular weight is 591 g/mol. The molecule has 0 bridgehead atoms. The Morgan fingerprint density at radius 3 is 1.05 bits per heavy atom. The van der Waals surface area contributed by atoms with Crippen LogP contribution >= 0.6 is 0 Å². The van der Waals surface area contributed by atoms with Crippen LogP contribution in [-0.2, 0) is 31.2 Å². The molecule has 0 unspecified atom stereocenters. The second-order valence-electron chi connectivity index (χ2n) is 16.0. The summed E-state index contributed by atoms with van der Waals surface area (Å²) in [4.78, 5) is 22.8. The van der Waals surface area contributed by atoms with E-state index in [0.717, 1.165) is 70.7 Å². The first-order chi connectivity index (χ1) is 19.3. The number of aliphatic carboxylic acids is 1. The van der Waals surface area contributed by atoms with Gasteiger partial charge in [0.25, 0.3) is 5.97 Å². The first kappa shape index (κ1) is 35.9. The maximum absolute atomic E-state index is 13.8. The highest BCUT2D eigenvalue weighted by Gasteiger charge is 2.29. The van der Waals surface area contributed by atoms with E-state index >= 15 is 0 Å². The van der Waals surface area contributed by atoms with Crippen LogP contribution in [0.1, 0.15) is 143 Å². The van der Waals surface area contributed by atoms with Gasteiger partial charge in [0.2, 0.25) is 0 Å². The lowest BCUT2D eigenvalue weighted by atomic mass is 9.77. The molecule has 0 saturated heterocycles. The summed E-state index contributed by atoms with van der Waals surface area (Å²) >= 11 is 0. The summed E-state index contributed by atoms with van der Waals surface area (Å²) in [5.74, 6) is -0.0414. The third-order valence-corrected chi connectivity index (χ3v) is 7.65. The molecule has 0 radical (unpaired) electrons. The van der Waals surface area contributed by atoms with Crippen LogP contribution in [0.15, 0.2) is 35.4 Å². The van der Waals surface area contributed by atoms with Crippen LogP contribution in [0.25, 0.3) is 12.2 Å². The van der Waals surface area contributed by atoms with Crippen molar-refractivity contribution in [1.29, 1.82) is 0 Å². The Morgan fingerprint density at radius 1 is 0.605 bits per heavy atom. The molecule has 1 aliphatic carbocycles. The third-order valence-electron chi connectivity index (χ3n) is 7.65. The van der Waals surface area contributed by atoms with Gasteiger partial charge in [-0.1, -0.05) is 83.1 Å². The number of benzene rings is 2. The fraction of sp³-hybridized carbons (Fsp3) is 0.526. The van der Waals surface area contributed by atoms with Crippen molar-refractivity contribution < 1.29 is 24.9 Å². The van der Waals surface area contributed by atoms with Gasteiger partial charge in [0.1, 0.15) is 11.5 Å². The predicted octanol–water partition coefficient (Wildman–Crippen LogP) is 9.60. The van der Waals surface area contributed by atoms with Gasteiger partial charge in [-0.15, -0.1) is 0 Å². The number of allylic oxidation sites excluding steroid dienone is 2. The smallest absolute Gasteiger partial charge is 0.300 e. The van der Waals surface area contributed by atoms with Crippen LogP contribution in [0, 0.1) is 0 Å². The van der Waals surface area contributed by atoms with Crippen LogP contribution in [0.4, 0.5) is 0 Å². The van der Waals surface area contributed by atoms with Crippen LogP contribution in [0.3, 0.4) is 0 Å². The number of phenols is 2. The van der Waals surface area contributed by atoms with Crippen molar-refractivity contribution in [1.82, 2.24) is 0 Å². The van der Waals surface area contributed by atoms with Crippen LogP contribution in [-0.4, -0.2) is 27.1 Å². The fourth-order valence-corrected chi connectivity index (χ4v) is 5.35. The molecule has 1 aliphatic rings. The normalized spacial score (nSPS) is 16.7. The van der Waals surface area contributed by atoms with E-state index in [0.29, 0.717) is 11.5 Å². The van der Waals surface area contributed by atoms with Crippen molar-refractivity contribution in [3.8, 4) is 11.5 Å². The van der Waals surface area contributed by atoms with Gasteiger partial charge in [0.05, 0.1) is 0 Å². The van der Waals surface area contributed by atoms with Gasteiger partial charge in [0.15, 0.2) is 5.78 Å². The average Bonchev–Trinajstić information content (AvgIpc) is 2.80. The molecule has 2 aromatic carbocycles. The van der Waals surface area contributed by atoms with Gasteiger partial charge in [-0.2, -0.15) is 0 Å². The number of ketones is 1. The number of rotatable bonds is 2. The Balaban J connectivity index is 0.00000151. The third kappa shape index (κ3) is 9.32. The molecule has 43 heavy (non-hydrogen) atoms. The first-order valence-corrected chi connectivity index (χ1v) is 15.3. The van der Waals surface area contributed by atoms with Crippen molar-refractivity contribution in [2.24, 2.45) is 0 Å². The molecule has 0 aromatic heterocycles. The molecule has 0 heterocycles. The van der Waals surface area contributed by atoms with E-state index < -0.39 is 5.97 Å². The van der Waals surface area contributed by atoms with Crippen LogP contribution in [0.5, 0.6) is 11.5 Å². The fourth-order valence-electron chi connectivity index (χ4n) is 5.35. The van der Waals surface area contributed by atoms with Gasteiger partial charge < -0.3 is 15.3 Å². The zero-order chi connectivity index (χ0) is 33.3. The minimum absolute atomic E-state index is 0.0895. The molecular formula is C38H54O5. The van der Waals surface area contributed by atoms with E-state index in [1.807, 2.05) is 36.4 Å². The van der Waals surface area contributed by atoms with Crippen molar-refractivity contribution in [2.75, 3.05) is 0 Å². The lowest BCUT2D eigenvalue weighted by Crippen LogP contribution is -2.18. The molecule has 0 atom stereocenters. The number of carboxylic acid groups (broad SMARTS) is 1. The largest absolute Gasteiger partial charge is 0.507 e. The quantitative estimate of drug-likeness (QED) is 0.303. The van der Waals surface area contributed by atoms with Crippen molar-refractivity contribution >= 4 is 23.9 Å². The zero-order valence-corrected chi connectivity index (χ0v) is 28.7. The van der Waals surface area contributed by atoms with Crippen molar-refractivity contribution in [3.05, 3.63) is 68.8 Å².